The molecule has 1 fully saturated rings. The second kappa shape index (κ2) is 12.1. The Balaban J connectivity index is 1.17. The number of aromatic nitrogens is 5. The molecule has 1 unspecified atom stereocenters. The van der Waals surface area contributed by atoms with E-state index in [1.54, 1.807) is 9.25 Å². The molecule has 0 saturated carbocycles. The average molecular weight is 663 g/mol. The molecule has 0 aliphatic carbocycles. The van der Waals surface area contributed by atoms with Crippen LogP contribution in [0.1, 0.15) is 35.7 Å². The number of β-amino-alcohol motifs (C(OH)–C–C–N with tert-alkyl or cyclic N) is 1. The summed E-state index contributed by atoms with van der Waals surface area (Å²) in [6, 6.07) is 8.32. The number of imidazole rings is 1. The van der Waals surface area contributed by atoms with Crippen LogP contribution >= 0.6 is 0 Å². The summed E-state index contributed by atoms with van der Waals surface area (Å²) in [5.74, 6) is 0.757. The number of nitrogens with one attached hydrogen (secondary N) is 1. The van der Waals surface area contributed by atoms with E-state index < -0.39 is 27.9 Å². The standard InChI is InChI=1S/C30H37F3N8O4S/c1-37(2)26-9-8-24-28(35-26)41(29(43)34-24)21-10-13-38(14-11-21)16-22(42)17-40-25-12-15-39(46(3,44)45)18-23(25)27(36-40)19-4-6-20(7-5-19)30(31,32)33/h4-9,21-22,42H,10-18H2,1-3H3,(H,34,43). The van der Waals surface area contributed by atoms with E-state index in [4.69, 9.17) is 5.10 Å². The molecule has 0 radical (unpaired) electrons. The number of hydrogen-bond donors (Lipinski definition) is 2. The zero-order valence-electron chi connectivity index (χ0n) is 25.8. The quantitative estimate of drug-likeness (QED) is 0.295. The van der Waals surface area contributed by atoms with Gasteiger partial charge in [-0.25, -0.2) is 18.2 Å². The normalized spacial score (nSPS) is 17.8. The minimum absolute atomic E-state index is 0.0400. The Bertz CT molecular complexity index is 1890. The molecule has 6 rings (SSSR count). The van der Waals surface area contributed by atoms with Gasteiger partial charge in [0.2, 0.25) is 10.0 Å². The lowest BCUT2D eigenvalue weighted by molar-refractivity contribution is -0.137. The van der Waals surface area contributed by atoms with Gasteiger partial charge in [0.05, 0.1) is 35.7 Å². The Morgan fingerprint density at radius 3 is 2.39 bits per heavy atom. The van der Waals surface area contributed by atoms with Gasteiger partial charge < -0.3 is 19.9 Å². The third-order valence-corrected chi connectivity index (χ3v) is 10.1. The zero-order valence-corrected chi connectivity index (χ0v) is 26.6. The van der Waals surface area contributed by atoms with Crippen LogP contribution in [0.4, 0.5) is 19.0 Å². The smallest absolute Gasteiger partial charge is 0.390 e. The molecule has 0 spiro atoms. The van der Waals surface area contributed by atoms with Crippen molar-refractivity contribution in [2.24, 2.45) is 0 Å². The van der Waals surface area contributed by atoms with Crippen molar-refractivity contribution in [2.45, 2.75) is 50.7 Å². The fourth-order valence-corrected chi connectivity index (χ4v) is 7.23. The minimum atomic E-state index is -4.49. The van der Waals surface area contributed by atoms with Crippen molar-refractivity contribution in [1.29, 1.82) is 0 Å². The van der Waals surface area contributed by atoms with Gasteiger partial charge in [-0.15, -0.1) is 0 Å². The van der Waals surface area contributed by atoms with Crippen LogP contribution in [0.3, 0.4) is 0 Å². The maximum absolute atomic E-state index is 13.2. The number of aromatic amines is 1. The molecule has 1 aromatic carbocycles. The lowest BCUT2D eigenvalue weighted by Gasteiger charge is -2.33. The van der Waals surface area contributed by atoms with Crippen molar-refractivity contribution >= 4 is 27.0 Å². The summed E-state index contributed by atoms with van der Waals surface area (Å²) in [7, 11) is 0.283. The SMILES string of the molecule is CN(C)c1ccc2[nH]c(=O)n(C3CCN(CC(O)Cn4nc(-c5ccc(C(F)(F)F)cc5)c5c4CCN(S(C)(=O)=O)C5)CC3)c2n1. The number of H-pyrrole nitrogens is 1. The molecule has 1 atom stereocenters. The third kappa shape index (κ3) is 6.43. The molecule has 0 bridgehead atoms. The van der Waals surface area contributed by atoms with Gasteiger partial charge in [-0.2, -0.15) is 22.6 Å². The van der Waals surface area contributed by atoms with Gasteiger partial charge in [-0.1, -0.05) is 12.1 Å². The Morgan fingerprint density at radius 1 is 1.07 bits per heavy atom. The number of anilines is 1. The highest BCUT2D eigenvalue weighted by atomic mass is 32.2. The number of fused-ring (bicyclic) bond motifs is 2. The highest BCUT2D eigenvalue weighted by molar-refractivity contribution is 7.88. The number of alkyl halides is 3. The molecular formula is C30H37F3N8O4S. The second-order valence-corrected chi connectivity index (χ2v) is 14.3. The molecule has 2 aliphatic rings. The van der Waals surface area contributed by atoms with E-state index in [0.717, 1.165) is 29.9 Å². The monoisotopic (exact) mass is 662 g/mol. The van der Waals surface area contributed by atoms with Crippen LogP contribution in [-0.4, -0.2) is 99.7 Å². The number of pyridine rings is 1. The van der Waals surface area contributed by atoms with Crippen LogP contribution < -0.4 is 10.6 Å². The highest BCUT2D eigenvalue weighted by Crippen LogP contribution is 2.34. The van der Waals surface area contributed by atoms with Crippen molar-refractivity contribution < 1.29 is 26.7 Å². The van der Waals surface area contributed by atoms with Crippen molar-refractivity contribution in [2.75, 3.05) is 51.4 Å². The van der Waals surface area contributed by atoms with Gasteiger partial charge in [0, 0.05) is 76.1 Å². The lowest BCUT2D eigenvalue weighted by atomic mass is 10.0. The van der Waals surface area contributed by atoms with Crippen LogP contribution in [0.2, 0.25) is 0 Å². The summed E-state index contributed by atoms with van der Waals surface area (Å²) in [4.78, 5) is 24.4. The Morgan fingerprint density at radius 2 is 1.76 bits per heavy atom. The molecule has 16 heteroatoms. The topological polar surface area (TPSA) is 133 Å². The molecule has 248 valence electrons. The van der Waals surface area contributed by atoms with Crippen LogP contribution in [-0.2, 0) is 35.7 Å². The van der Waals surface area contributed by atoms with E-state index in [9.17, 15) is 31.5 Å². The van der Waals surface area contributed by atoms with Crippen molar-refractivity contribution in [3.05, 3.63) is 63.7 Å². The number of piperidine rings is 1. The number of aliphatic hydroxyl groups is 1. The number of benzene rings is 1. The summed E-state index contributed by atoms with van der Waals surface area (Å²) in [6.07, 6.45) is -2.42. The predicted molar refractivity (Wildman–Crippen MR) is 167 cm³/mol. The molecule has 2 N–H and O–H groups in total. The molecule has 3 aromatic heterocycles. The molecule has 1 saturated heterocycles. The van der Waals surface area contributed by atoms with Gasteiger partial charge >= 0.3 is 11.9 Å². The summed E-state index contributed by atoms with van der Waals surface area (Å²) < 4.78 is 68.9. The fourth-order valence-electron chi connectivity index (χ4n) is 6.44. The number of likely N-dealkylation sites (tertiary alicyclic amines) is 1. The van der Waals surface area contributed by atoms with E-state index in [1.165, 1.54) is 16.4 Å². The highest BCUT2D eigenvalue weighted by Gasteiger charge is 2.33. The van der Waals surface area contributed by atoms with E-state index >= 15 is 0 Å². The molecule has 2 aliphatic heterocycles. The Labute approximate surface area is 264 Å². The molecule has 5 heterocycles. The first-order valence-corrected chi connectivity index (χ1v) is 16.9. The first-order valence-electron chi connectivity index (χ1n) is 15.1. The molecule has 12 nitrogen and oxygen atoms in total. The van der Waals surface area contributed by atoms with Gasteiger partial charge in [0.15, 0.2) is 5.65 Å². The average Bonchev–Trinajstić information content (AvgIpc) is 3.52. The first-order chi connectivity index (χ1) is 21.7. The van der Waals surface area contributed by atoms with Crippen LogP contribution in [0.25, 0.3) is 22.4 Å². The number of sulfonamides is 1. The zero-order chi connectivity index (χ0) is 33.0. The lowest BCUT2D eigenvalue weighted by Crippen LogP contribution is -2.42. The van der Waals surface area contributed by atoms with Crippen LogP contribution in [0.5, 0.6) is 0 Å². The molecular weight excluding hydrogens is 625 g/mol. The Kier molecular flexibility index (Phi) is 8.50. The van der Waals surface area contributed by atoms with Crippen LogP contribution in [0.15, 0.2) is 41.2 Å². The van der Waals surface area contributed by atoms with Gasteiger partial charge in [-0.3, -0.25) is 9.25 Å². The summed E-state index contributed by atoms with van der Waals surface area (Å²) in [6.45, 7) is 2.11. The molecule has 4 aromatic rings. The minimum Gasteiger partial charge on any atom is -0.390 e. The van der Waals surface area contributed by atoms with Gasteiger partial charge in [0.25, 0.3) is 0 Å². The molecule has 0 amide bonds. The maximum Gasteiger partial charge on any atom is 0.416 e. The first kappa shape index (κ1) is 32.2. The predicted octanol–water partition coefficient (Wildman–Crippen LogP) is 2.69. The largest absolute Gasteiger partial charge is 0.416 e. The maximum atomic E-state index is 13.2. The number of nitrogens with zero attached hydrogens (tertiary/aromatic N) is 7. The van der Waals surface area contributed by atoms with E-state index in [-0.39, 0.29) is 31.4 Å². The number of hydrogen-bond acceptors (Lipinski definition) is 8. The summed E-state index contributed by atoms with van der Waals surface area (Å²) in [5.41, 5.74) is 2.55. The molecule has 46 heavy (non-hydrogen) atoms. The summed E-state index contributed by atoms with van der Waals surface area (Å²) >= 11 is 0. The van der Waals surface area contributed by atoms with Crippen molar-refractivity contribution in [3.63, 3.8) is 0 Å². The number of aliphatic hydroxyl groups excluding tert-OH is 1. The van der Waals surface area contributed by atoms with E-state index in [2.05, 4.69) is 14.9 Å². The van der Waals surface area contributed by atoms with Crippen LogP contribution in [0, 0.1) is 0 Å². The Hall–Kier alpha value is -3.73. The van der Waals surface area contributed by atoms with Crippen molar-refractivity contribution in [1.82, 2.24) is 33.5 Å². The number of rotatable bonds is 8. The number of halogens is 3. The fraction of sp³-hybridized carbons (Fsp3) is 0.500. The van der Waals surface area contributed by atoms with E-state index in [0.29, 0.717) is 66.9 Å². The summed E-state index contributed by atoms with van der Waals surface area (Å²) in [5, 5.41) is 15.8. The van der Waals surface area contributed by atoms with Gasteiger partial charge in [0.1, 0.15) is 5.82 Å². The second-order valence-electron chi connectivity index (χ2n) is 12.3. The van der Waals surface area contributed by atoms with Crippen molar-refractivity contribution in [3.8, 4) is 11.3 Å². The third-order valence-electron chi connectivity index (χ3n) is 8.84. The van der Waals surface area contributed by atoms with E-state index in [1.807, 2.05) is 31.1 Å². The van der Waals surface area contributed by atoms with Gasteiger partial charge in [-0.05, 0) is 37.1 Å².